The van der Waals surface area contributed by atoms with Gasteiger partial charge in [0.05, 0.1) is 3.79 Å². The molecule has 0 amide bonds. The Labute approximate surface area is 128 Å². The van der Waals surface area contributed by atoms with E-state index in [1.807, 2.05) is 11.3 Å². The molecule has 0 aliphatic carbocycles. The number of likely N-dealkylation sites (N-methyl/N-ethyl adjacent to an activating group) is 1. The van der Waals surface area contributed by atoms with Crippen molar-refractivity contribution < 1.29 is 0 Å². The first kappa shape index (κ1) is 14.8. The third kappa shape index (κ3) is 4.75. The molecule has 1 N–H and O–H groups in total. The van der Waals surface area contributed by atoms with Crippen molar-refractivity contribution in [2.75, 3.05) is 7.05 Å². The van der Waals surface area contributed by atoms with Crippen molar-refractivity contribution in [3.63, 3.8) is 0 Å². The van der Waals surface area contributed by atoms with Gasteiger partial charge in [0.2, 0.25) is 0 Å². The van der Waals surface area contributed by atoms with Crippen LogP contribution < -0.4 is 5.32 Å². The van der Waals surface area contributed by atoms with Gasteiger partial charge in [-0.2, -0.15) is 0 Å². The van der Waals surface area contributed by atoms with E-state index in [1.165, 1.54) is 26.2 Å². The quantitative estimate of drug-likeness (QED) is 0.813. The molecule has 0 aliphatic heterocycles. The Hall–Kier alpha value is -0.640. The van der Waals surface area contributed by atoms with Gasteiger partial charge in [0.25, 0.3) is 0 Å². The molecule has 1 nitrogen and oxygen atoms in total. The first-order valence-electron chi connectivity index (χ1n) is 6.64. The zero-order chi connectivity index (χ0) is 13.7. The van der Waals surface area contributed by atoms with Gasteiger partial charge in [-0.25, -0.2) is 0 Å². The van der Waals surface area contributed by atoms with Crippen LogP contribution in [0.5, 0.6) is 0 Å². The fraction of sp³-hybridized carbons (Fsp3) is 0.375. The van der Waals surface area contributed by atoms with Crippen molar-refractivity contribution in [1.82, 2.24) is 5.32 Å². The number of benzene rings is 1. The number of nitrogens with one attached hydrogen (secondary N) is 1. The van der Waals surface area contributed by atoms with Crippen LogP contribution in [0.2, 0.25) is 0 Å². The molecular formula is C16H20BrNS. The smallest absolute Gasteiger partial charge is 0.0701 e. The van der Waals surface area contributed by atoms with Gasteiger partial charge in [0.15, 0.2) is 0 Å². The highest BCUT2D eigenvalue weighted by Crippen LogP contribution is 2.23. The minimum absolute atomic E-state index is 0.547. The second-order valence-corrected chi connectivity index (χ2v) is 7.47. The standard InChI is InChI=1S/C16H20BrNS/c1-12-4-3-5-13(10-12)6-7-14(18-2)11-15-8-9-16(17)19-15/h3-5,8-10,14,18H,6-7,11H2,1-2H3. The molecule has 0 spiro atoms. The predicted molar refractivity (Wildman–Crippen MR) is 88.1 cm³/mol. The van der Waals surface area contributed by atoms with Crippen LogP contribution in [0.15, 0.2) is 40.2 Å². The van der Waals surface area contributed by atoms with E-state index < -0.39 is 0 Å². The van der Waals surface area contributed by atoms with E-state index in [-0.39, 0.29) is 0 Å². The molecule has 1 unspecified atom stereocenters. The van der Waals surface area contributed by atoms with Crippen molar-refractivity contribution in [1.29, 1.82) is 0 Å². The number of halogens is 1. The van der Waals surface area contributed by atoms with E-state index in [0.717, 1.165) is 12.8 Å². The molecular weight excluding hydrogens is 318 g/mol. The SMILES string of the molecule is CNC(CCc1cccc(C)c1)Cc1ccc(Br)s1. The fourth-order valence-electron chi connectivity index (χ4n) is 2.26. The number of hydrogen-bond acceptors (Lipinski definition) is 2. The molecule has 19 heavy (non-hydrogen) atoms. The zero-order valence-electron chi connectivity index (χ0n) is 11.4. The Bertz CT molecular complexity index is 521. The first-order valence-corrected chi connectivity index (χ1v) is 8.25. The van der Waals surface area contributed by atoms with Crippen LogP contribution in [-0.4, -0.2) is 13.1 Å². The van der Waals surface area contributed by atoms with Gasteiger partial charge in [-0.3, -0.25) is 0 Å². The van der Waals surface area contributed by atoms with E-state index >= 15 is 0 Å². The summed E-state index contributed by atoms with van der Waals surface area (Å²) in [7, 11) is 2.06. The average Bonchev–Trinajstić information content (AvgIpc) is 2.80. The highest BCUT2D eigenvalue weighted by Gasteiger charge is 2.09. The summed E-state index contributed by atoms with van der Waals surface area (Å²) in [6.45, 7) is 2.15. The minimum atomic E-state index is 0.547. The highest BCUT2D eigenvalue weighted by atomic mass is 79.9. The molecule has 2 aromatic rings. The molecule has 1 aromatic heterocycles. The third-order valence-corrected chi connectivity index (χ3v) is 4.99. The summed E-state index contributed by atoms with van der Waals surface area (Å²) in [5.41, 5.74) is 2.79. The number of thiophene rings is 1. The lowest BCUT2D eigenvalue weighted by Gasteiger charge is -2.15. The molecule has 0 bridgehead atoms. The van der Waals surface area contributed by atoms with E-state index in [9.17, 15) is 0 Å². The lowest BCUT2D eigenvalue weighted by Crippen LogP contribution is -2.27. The second-order valence-electron chi connectivity index (χ2n) is 4.92. The molecule has 2 rings (SSSR count). The molecule has 0 aliphatic rings. The van der Waals surface area contributed by atoms with Crippen molar-refractivity contribution in [3.8, 4) is 0 Å². The monoisotopic (exact) mass is 337 g/mol. The van der Waals surface area contributed by atoms with Gasteiger partial charge in [-0.05, 0) is 66.9 Å². The number of aryl methyl sites for hydroxylation is 2. The summed E-state index contributed by atoms with van der Waals surface area (Å²) in [4.78, 5) is 1.44. The van der Waals surface area contributed by atoms with Crippen LogP contribution >= 0.6 is 27.3 Å². The maximum atomic E-state index is 3.53. The molecule has 0 fully saturated rings. The second kappa shape index (κ2) is 7.22. The topological polar surface area (TPSA) is 12.0 Å². The predicted octanol–water partition coefficient (Wildman–Crippen LogP) is 4.58. The van der Waals surface area contributed by atoms with Gasteiger partial charge < -0.3 is 5.32 Å². The average molecular weight is 338 g/mol. The molecule has 1 atom stereocenters. The van der Waals surface area contributed by atoms with Crippen LogP contribution in [0.25, 0.3) is 0 Å². The summed E-state index contributed by atoms with van der Waals surface area (Å²) >= 11 is 5.36. The molecule has 0 saturated carbocycles. The Morgan fingerprint density at radius 3 is 2.74 bits per heavy atom. The first-order chi connectivity index (χ1) is 9.17. The van der Waals surface area contributed by atoms with Gasteiger partial charge >= 0.3 is 0 Å². The van der Waals surface area contributed by atoms with Gasteiger partial charge in [0.1, 0.15) is 0 Å². The van der Waals surface area contributed by atoms with Crippen molar-refractivity contribution in [3.05, 3.63) is 56.2 Å². The van der Waals surface area contributed by atoms with Crippen LogP contribution in [0.4, 0.5) is 0 Å². The maximum absolute atomic E-state index is 3.53. The Morgan fingerprint density at radius 2 is 2.11 bits per heavy atom. The lowest BCUT2D eigenvalue weighted by atomic mass is 10.0. The van der Waals surface area contributed by atoms with E-state index in [4.69, 9.17) is 0 Å². The van der Waals surface area contributed by atoms with Crippen LogP contribution in [0.1, 0.15) is 22.4 Å². The molecule has 1 aromatic carbocycles. The number of rotatable bonds is 6. The van der Waals surface area contributed by atoms with Crippen LogP contribution in [-0.2, 0) is 12.8 Å². The summed E-state index contributed by atoms with van der Waals surface area (Å²) in [5.74, 6) is 0. The molecule has 0 radical (unpaired) electrons. The maximum Gasteiger partial charge on any atom is 0.0701 e. The van der Waals surface area contributed by atoms with Crippen molar-refractivity contribution in [2.24, 2.45) is 0 Å². The Kier molecular flexibility index (Phi) is 5.61. The number of hydrogen-bond donors (Lipinski definition) is 1. The normalized spacial score (nSPS) is 12.6. The Balaban J connectivity index is 1.89. The van der Waals surface area contributed by atoms with Crippen molar-refractivity contribution >= 4 is 27.3 Å². The summed E-state index contributed by atoms with van der Waals surface area (Å²) in [6.07, 6.45) is 3.42. The van der Waals surface area contributed by atoms with E-state index in [1.54, 1.807) is 0 Å². The summed E-state index contributed by atoms with van der Waals surface area (Å²) in [6, 6.07) is 13.7. The molecule has 0 saturated heterocycles. The fourth-order valence-corrected chi connectivity index (χ4v) is 3.82. The van der Waals surface area contributed by atoms with Crippen LogP contribution in [0.3, 0.4) is 0 Å². The van der Waals surface area contributed by atoms with Crippen LogP contribution in [0, 0.1) is 6.92 Å². The Morgan fingerprint density at radius 1 is 1.26 bits per heavy atom. The van der Waals surface area contributed by atoms with Gasteiger partial charge in [0, 0.05) is 10.9 Å². The summed E-state index contributed by atoms with van der Waals surface area (Å²) < 4.78 is 1.22. The van der Waals surface area contributed by atoms with Gasteiger partial charge in [-0.15, -0.1) is 11.3 Å². The highest BCUT2D eigenvalue weighted by molar-refractivity contribution is 9.11. The van der Waals surface area contributed by atoms with E-state index in [0.29, 0.717) is 6.04 Å². The lowest BCUT2D eigenvalue weighted by molar-refractivity contribution is 0.523. The molecule has 3 heteroatoms. The van der Waals surface area contributed by atoms with E-state index in [2.05, 4.69) is 71.6 Å². The zero-order valence-corrected chi connectivity index (χ0v) is 13.9. The molecule has 102 valence electrons. The van der Waals surface area contributed by atoms with Crippen molar-refractivity contribution in [2.45, 2.75) is 32.2 Å². The largest absolute Gasteiger partial charge is 0.317 e. The minimum Gasteiger partial charge on any atom is -0.317 e. The van der Waals surface area contributed by atoms with Gasteiger partial charge in [-0.1, -0.05) is 29.8 Å². The third-order valence-electron chi connectivity index (χ3n) is 3.35. The summed E-state index contributed by atoms with van der Waals surface area (Å²) in [5, 5.41) is 3.44. The molecule has 1 heterocycles.